The topological polar surface area (TPSA) is 71.1 Å². The van der Waals surface area contributed by atoms with Crippen molar-refractivity contribution in [3.05, 3.63) is 44.4 Å². The van der Waals surface area contributed by atoms with Crippen LogP contribution < -0.4 is 10.6 Å². The van der Waals surface area contributed by atoms with E-state index in [1.54, 1.807) is 19.1 Å². The van der Waals surface area contributed by atoms with Gasteiger partial charge in [0.15, 0.2) is 0 Å². The molecule has 0 saturated carbocycles. The molecular formula is C15H16ClN3O2S. The summed E-state index contributed by atoms with van der Waals surface area (Å²) in [6.45, 7) is 5.94. The summed E-state index contributed by atoms with van der Waals surface area (Å²) in [5.41, 5.74) is 1.43. The summed E-state index contributed by atoms with van der Waals surface area (Å²) in [6.07, 6.45) is 0. The number of aromatic nitrogens is 1. The van der Waals surface area contributed by atoms with Crippen LogP contribution in [0.15, 0.2) is 18.2 Å². The number of halogens is 1. The van der Waals surface area contributed by atoms with Crippen molar-refractivity contribution in [1.29, 1.82) is 0 Å². The molecule has 0 spiro atoms. The number of thiazole rings is 1. The first-order valence-corrected chi connectivity index (χ1v) is 7.95. The molecule has 1 aromatic heterocycles. The van der Waals surface area contributed by atoms with E-state index < -0.39 is 0 Å². The van der Waals surface area contributed by atoms with Crippen LogP contribution in [0.3, 0.4) is 0 Å². The summed E-state index contributed by atoms with van der Waals surface area (Å²) < 4.78 is 0. The Morgan fingerprint density at radius 3 is 2.59 bits per heavy atom. The number of carbonyl (C=O) groups is 2. The Kier molecular flexibility index (Phi) is 5.15. The van der Waals surface area contributed by atoms with E-state index >= 15 is 0 Å². The Balaban J connectivity index is 2.31. The van der Waals surface area contributed by atoms with Crippen molar-refractivity contribution in [2.45, 2.75) is 20.8 Å². The van der Waals surface area contributed by atoms with Gasteiger partial charge < -0.3 is 10.6 Å². The number of benzene rings is 1. The summed E-state index contributed by atoms with van der Waals surface area (Å²) in [5.74, 6) is -0.562. The van der Waals surface area contributed by atoms with Gasteiger partial charge in [-0.3, -0.25) is 9.59 Å². The molecule has 0 aliphatic carbocycles. The number of nitrogens with zero attached hydrogens (tertiary/aromatic N) is 1. The normalized spacial score (nSPS) is 10.4. The molecule has 2 N–H and O–H groups in total. The van der Waals surface area contributed by atoms with Gasteiger partial charge in [-0.25, -0.2) is 4.98 Å². The predicted molar refractivity (Wildman–Crippen MR) is 89.0 cm³/mol. The van der Waals surface area contributed by atoms with Crippen LogP contribution in [0.5, 0.6) is 0 Å². The lowest BCUT2D eigenvalue weighted by Crippen LogP contribution is -2.24. The largest absolute Gasteiger partial charge is 0.352 e. The second kappa shape index (κ2) is 6.89. The van der Waals surface area contributed by atoms with Crippen molar-refractivity contribution in [2.75, 3.05) is 11.9 Å². The van der Waals surface area contributed by atoms with Gasteiger partial charge >= 0.3 is 0 Å². The molecule has 0 unspecified atom stereocenters. The van der Waals surface area contributed by atoms with Crippen molar-refractivity contribution in [3.8, 4) is 0 Å². The maximum absolute atomic E-state index is 12.4. The SMILES string of the molecule is CCNC(=O)c1cc(Cl)ccc1NC(=O)c1sc(C)nc1C. The predicted octanol–water partition coefficient (Wildman–Crippen LogP) is 3.42. The molecule has 5 nitrogen and oxygen atoms in total. The van der Waals surface area contributed by atoms with Gasteiger partial charge in [0.2, 0.25) is 0 Å². The van der Waals surface area contributed by atoms with Gasteiger partial charge in [-0.2, -0.15) is 0 Å². The zero-order chi connectivity index (χ0) is 16.3. The monoisotopic (exact) mass is 337 g/mol. The van der Waals surface area contributed by atoms with E-state index in [4.69, 9.17) is 11.6 Å². The van der Waals surface area contributed by atoms with Gasteiger partial charge in [0.25, 0.3) is 11.8 Å². The quantitative estimate of drug-likeness (QED) is 0.898. The molecule has 0 aliphatic heterocycles. The second-order valence-electron chi connectivity index (χ2n) is 4.65. The summed E-state index contributed by atoms with van der Waals surface area (Å²) in [7, 11) is 0. The lowest BCUT2D eigenvalue weighted by molar-refractivity contribution is 0.0956. The van der Waals surface area contributed by atoms with Crippen LogP contribution >= 0.6 is 22.9 Å². The Hall–Kier alpha value is -1.92. The maximum atomic E-state index is 12.4. The molecule has 0 radical (unpaired) electrons. The second-order valence-corrected chi connectivity index (χ2v) is 6.29. The Bertz CT molecular complexity index is 728. The number of rotatable bonds is 4. The number of hydrogen-bond donors (Lipinski definition) is 2. The molecular weight excluding hydrogens is 322 g/mol. The average Bonchev–Trinajstić information content (AvgIpc) is 2.80. The molecule has 0 fully saturated rings. The maximum Gasteiger partial charge on any atom is 0.267 e. The highest BCUT2D eigenvalue weighted by Crippen LogP contribution is 2.23. The van der Waals surface area contributed by atoms with E-state index in [-0.39, 0.29) is 11.8 Å². The summed E-state index contributed by atoms with van der Waals surface area (Å²) in [5, 5.41) is 6.72. The van der Waals surface area contributed by atoms with Gasteiger partial charge in [-0.1, -0.05) is 11.6 Å². The fraction of sp³-hybridized carbons (Fsp3) is 0.267. The lowest BCUT2D eigenvalue weighted by atomic mass is 10.1. The molecule has 1 aromatic carbocycles. The molecule has 0 bridgehead atoms. The molecule has 0 aliphatic rings. The van der Waals surface area contributed by atoms with Crippen molar-refractivity contribution < 1.29 is 9.59 Å². The van der Waals surface area contributed by atoms with Crippen LogP contribution in [-0.2, 0) is 0 Å². The minimum absolute atomic E-state index is 0.280. The minimum Gasteiger partial charge on any atom is -0.352 e. The summed E-state index contributed by atoms with van der Waals surface area (Å²) >= 11 is 7.26. The Morgan fingerprint density at radius 2 is 2.00 bits per heavy atom. The highest BCUT2D eigenvalue weighted by atomic mass is 35.5. The molecule has 0 atom stereocenters. The first-order chi connectivity index (χ1) is 10.4. The van der Waals surface area contributed by atoms with Crippen LogP contribution in [0.4, 0.5) is 5.69 Å². The van der Waals surface area contributed by atoms with Crippen molar-refractivity contribution in [3.63, 3.8) is 0 Å². The first-order valence-electron chi connectivity index (χ1n) is 6.75. The highest BCUT2D eigenvalue weighted by Gasteiger charge is 2.18. The highest BCUT2D eigenvalue weighted by molar-refractivity contribution is 7.13. The van der Waals surface area contributed by atoms with E-state index in [9.17, 15) is 9.59 Å². The number of amides is 2. The first kappa shape index (κ1) is 16.5. The van der Waals surface area contributed by atoms with Gasteiger partial charge in [0.1, 0.15) is 4.88 Å². The minimum atomic E-state index is -0.282. The number of hydrogen-bond acceptors (Lipinski definition) is 4. The van der Waals surface area contributed by atoms with Crippen molar-refractivity contribution >= 4 is 40.4 Å². The fourth-order valence-corrected chi connectivity index (χ4v) is 2.98. The number of nitrogens with one attached hydrogen (secondary N) is 2. The van der Waals surface area contributed by atoms with E-state index in [1.807, 2.05) is 13.8 Å². The summed E-state index contributed by atoms with van der Waals surface area (Å²) in [6, 6.07) is 4.78. The third kappa shape index (κ3) is 3.64. The molecule has 22 heavy (non-hydrogen) atoms. The summed E-state index contributed by atoms with van der Waals surface area (Å²) in [4.78, 5) is 29.2. The molecule has 2 rings (SSSR count). The van der Waals surface area contributed by atoms with E-state index in [0.29, 0.717) is 33.4 Å². The van der Waals surface area contributed by atoms with Crippen LogP contribution in [-0.4, -0.2) is 23.3 Å². The standard InChI is InChI=1S/C15H16ClN3O2S/c1-4-17-14(20)11-7-10(16)5-6-12(11)19-15(21)13-8(2)18-9(3)22-13/h5-7H,4H2,1-3H3,(H,17,20)(H,19,21). The van der Waals surface area contributed by atoms with Gasteiger partial charge in [-0.15, -0.1) is 11.3 Å². The number of anilines is 1. The van der Waals surface area contributed by atoms with Crippen molar-refractivity contribution in [2.24, 2.45) is 0 Å². The third-order valence-corrected chi connectivity index (χ3v) is 4.23. The van der Waals surface area contributed by atoms with Crippen LogP contribution in [0, 0.1) is 13.8 Å². The van der Waals surface area contributed by atoms with Gasteiger partial charge in [0, 0.05) is 11.6 Å². The smallest absolute Gasteiger partial charge is 0.267 e. The van der Waals surface area contributed by atoms with E-state index in [0.717, 1.165) is 5.01 Å². The zero-order valence-electron chi connectivity index (χ0n) is 12.5. The van der Waals surface area contributed by atoms with Crippen LogP contribution in [0.2, 0.25) is 5.02 Å². The molecule has 0 saturated heterocycles. The Labute approximate surface area is 137 Å². The van der Waals surface area contributed by atoms with Crippen LogP contribution in [0.1, 0.15) is 37.7 Å². The number of carbonyl (C=O) groups excluding carboxylic acids is 2. The fourth-order valence-electron chi connectivity index (χ4n) is 1.99. The van der Waals surface area contributed by atoms with E-state index in [1.165, 1.54) is 17.4 Å². The molecule has 7 heteroatoms. The molecule has 2 aromatic rings. The lowest BCUT2D eigenvalue weighted by Gasteiger charge is -2.11. The number of aryl methyl sites for hydroxylation is 2. The third-order valence-electron chi connectivity index (χ3n) is 2.92. The van der Waals surface area contributed by atoms with E-state index in [2.05, 4.69) is 15.6 Å². The molecule has 2 amide bonds. The van der Waals surface area contributed by atoms with Gasteiger partial charge in [0.05, 0.1) is 22.0 Å². The van der Waals surface area contributed by atoms with Gasteiger partial charge in [-0.05, 0) is 39.0 Å². The zero-order valence-corrected chi connectivity index (χ0v) is 14.1. The molecule has 1 heterocycles. The average molecular weight is 338 g/mol. The van der Waals surface area contributed by atoms with Crippen molar-refractivity contribution in [1.82, 2.24) is 10.3 Å². The Morgan fingerprint density at radius 1 is 1.27 bits per heavy atom. The van der Waals surface area contributed by atoms with Crippen LogP contribution in [0.25, 0.3) is 0 Å². The molecule has 116 valence electrons.